The average molecular weight is 358 g/mol. The summed E-state index contributed by atoms with van der Waals surface area (Å²) in [6, 6.07) is 15.9. The lowest BCUT2D eigenvalue weighted by molar-refractivity contribution is 0.415. The van der Waals surface area contributed by atoms with Crippen molar-refractivity contribution in [2.45, 2.75) is 6.92 Å². The van der Waals surface area contributed by atoms with Crippen LogP contribution in [0.4, 0.5) is 4.39 Å². The fraction of sp³-hybridized carbons (Fsp3) is 0.0952. The summed E-state index contributed by atoms with van der Waals surface area (Å²) in [5, 5.41) is 17.7. The van der Waals surface area contributed by atoms with Crippen LogP contribution in [0, 0.1) is 24.1 Å². The number of nitrogens with one attached hydrogen (secondary N) is 1. The second-order valence-corrected chi connectivity index (χ2v) is 6.08. The van der Waals surface area contributed by atoms with Gasteiger partial charge in [0.15, 0.2) is 5.65 Å². The first-order chi connectivity index (χ1) is 13.1. The molecule has 1 N–H and O–H groups in total. The van der Waals surface area contributed by atoms with Crippen LogP contribution in [0.15, 0.2) is 48.5 Å². The SMILES string of the molecule is COc1ccc(-c2nc3n[nH]c(C)c3c(-c3ccccc3F)c2C#N)cc1. The molecule has 0 aliphatic rings. The van der Waals surface area contributed by atoms with Gasteiger partial charge in [0.05, 0.1) is 23.8 Å². The number of H-pyrrole nitrogens is 1. The summed E-state index contributed by atoms with van der Waals surface area (Å²) >= 11 is 0. The van der Waals surface area contributed by atoms with Gasteiger partial charge in [-0.1, -0.05) is 18.2 Å². The monoisotopic (exact) mass is 358 g/mol. The van der Waals surface area contributed by atoms with Crippen LogP contribution in [0.25, 0.3) is 33.4 Å². The molecule has 0 aliphatic heterocycles. The summed E-state index contributed by atoms with van der Waals surface area (Å²) in [7, 11) is 1.59. The summed E-state index contributed by atoms with van der Waals surface area (Å²) in [6.45, 7) is 1.83. The van der Waals surface area contributed by atoms with Crippen molar-refractivity contribution in [1.29, 1.82) is 5.26 Å². The first kappa shape index (κ1) is 16.7. The lowest BCUT2D eigenvalue weighted by Gasteiger charge is -2.12. The molecule has 0 amide bonds. The number of rotatable bonds is 3. The second kappa shape index (κ2) is 6.54. The molecular weight excluding hydrogens is 343 g/mol. The number of methoxy groups -OCH3 is 1. The normalized spacial score (nSPS) is 10.7. The molecule has 0 radical (unpaired) electrons. The van der Waals surface area contributed by atoms with Crippen molar-refractivity contribution in [1.82, 2.24) is 15.2 Å². The molecule has 2 heterocycles. The highest BCUT2D eigenvalue weighted by molar-refractivity contribution is 6.00. The van der Waals surface area contributed by atoms with Gasteiger partial charge in [0.25, 0.3) is 0 Å². The Morgan fingerprint density at radius 2 is 1.85 bits per heavy atom. The van der Waals surface area contributed by atoms with E-state index in [0.29, 0.717) is 39.2 Å². The zero-order valence-corrected chi connectivity index (χ0v) is 14.7. The van der Waals surface area contributed by atoms with Crippen molar-refractivity contribution in [3.05, 3.63) is 65.6 Å². The molecular formula is C21H15FN4O. The highest BCUT2D eigenvalue weighted by Crippen LogP contribution is 2.38. The number of aromatic nitrogens is 3. The molecule has 0 unspecified atom stereocenters. The zero-order valence-electron chi connectivity index (χ0n) is 14.7. The largest absolute Gasteiger partial charge is 0.497 e. The molecule has 2 aromatic carbocycles. The van der Waals surface area contributed by atoms with E-state index in [1.807, 2.05) is 19.1 Å². The molecule has 6 heteroatoms. The number of nitriles is 1. The van der Waals surface area contributed by atoms with Gasteiger partial charge in [-0.25, -0.2) is 9.37 Å². The van der Waals surface area contributed by atoms with Crippen LogP contribution < -0.4 is 4.74 Å². The maximum absolute atomic E-state index is 14.6. The highest BCUT2D eigenvalue weighted by atomic mass is 19.1. The van der Waals surface area contributed by atoms with Crippen LogP contribution >= 0.6 is 0 Å². The van der Waals surface area contributed by atoms with E-state index in [-0.39, 0.29) is 0 Å². The number of fused-ring (bicyclic) bond motifs is 1. The van der Waals surface area contributed by atoms with Crippen LogP contribution in [-0.2, 0) is 0 Å². The summed E-state index contributed by atoms with van der Waals surface area (Å²) < 4.78 is 19.8. The Kier molecular flexibility index (Phi) is 4.05. The minimum absolute atomic E-state index is 0.308. The van der Waals surface area contributed by atoms with Crippen LogP contribution in [-0.4, -0.2) is 22.3 Å². The number of hydrogen-bond acceptors (Lipinski definition) is 4. The van der Waals surface area contributed by atoms with Gasteiger partial charge in [0, 0.05) is 22.4 Å². The third kappa shape index (κ3) is 2.70. The number of aromatic amines is 1. The predicted octanol–water partition coefficient (Wildman–Crippen LogP) is 4.62. The van der Waals surface area contributed by atoms with Crippen molar-refractivity contribution in [3.8, 4) is 34.2 Å². The van der Waals surface area contributed by atoms with E-state index in [2.05, 4.69) is 21.3 Å². The second-order valence-electron chi connectivity index (χ2n) is 6.08. The molecule has 2 aromatic heterocycles. The number of halogens is 1. The molecule has 0 saturated heterocycles. The number of pyridine rings is 1. The quantitative estimate of drug-likeness (QED) is 0.580. The van der Waals surface area contributed by atoms with Crippen molar-refractivity contribution in [2.24, 2.45) is 0 Å². The molecule has 132 valence electrons. The minimum atomic E-state index is -0.400. The van der Waals surface area contributed by atoms with Crippen LogP contribution in [0.3, 0.4) is 0 Å². The van der Waals surface area contributed by atoms with Gasteiger partial charge in [-0.2, -0.15) is 10.4 Å². The van der Waals surface area contributed by atoms with Crippen molar-refractivity contribution >= 4 is 11.0 Å². The molecule has 4 rings (SSSR count). The van der Waals surface area contributed by atoms with Crippen molar-refractivity contribution in [3.63, 3.8) is 0 Å². The number of nitrogens with zero attached hydrogens (tertiary/aromatic N) is 3. The third-order valence-electron chi connectivity index (χ3n) is 4.50. The van der Waals surface area contributed by atoms with E-state index in [1.54, 1.807) is 37.4 Å². The molecule has 0 bridgehead atoms. The lowest BCUT2D eigenvalue weighted by atomic mass is 9.93. The fourth-order valence-corrected chi connectivity index (χ4v) is 3.20. The van der Waals surface area contributed by atoms with Gasteiger partial charge in [0.2, 0.25) is 0 Å². The average Bonchev–Trinajstić information content (AvgIpc) is 3.08. The maximum atomic E-state index is 14.6. The van der Waals surface area contributed by atoms with E-state index in [4.69, 9.17) is 4.74 Å². The van der Waals surface area contributed by atoms with Crippen molar-refractivity contribution in [2.75, 3.05) is 7.11 Å². The topological polar surface area (TPSA) is 74.6 Å². The Morgan fingerprint density at radius 1 is 1.11 bits per heavy atom. The Bertz CT molecular complexity index is 1190. The van der Waals surface area contributed by atoms with Crippen LogP contribution in [0.2, 0.25) is 0 Å². The molecule has 4 aromatic rings. The molecule has 0 saturated carbocycles. The Balaban J connectivity index is 2.10. The van der Waals surface area contributed by atoms with Gasteiger partial charge >= 0.3 is 0 Å². The zero-order chi connectivity index (χ0) is 19.0. The Labute approximate surface area is 155 Å². The molecule has 27 heavy (non-hydrogen) atoms. The molecule has 0 aliphatic carbocycles. The molecule has 0 fully saturated rings. The smallest absolute Gasteiger partial charge is 0.182 e. The number of benzene rings is 2. The van der Waals surface area contributed by atoms with E-state index < -0.39 is 5.82 Å². The number of hydrogen-bond donors (Lipinski definition) is 1. The number of ether oxygens (including phenoxy) is 1. The summed E-state index contributed by atoms with van der Waals surface area (Å²) in [5.74, 6) is 0.297. The van der Waals surface area contributed by atoms with Gasteiger partial charge in [-0.3, -0.25) is 5.10 Å². The number of aryl methyl sites for hydroxylation is 1. The fourth-order valence-electron chi connectivity index (χ4n) is 3.20. The van der Waals surface area contributed by atoms with E-state index in [1.165, 1.54) is 6.07 Å². The first-order valence-corrected chi connectivity index (χ1v) is 8.32. The van der Waals surface area contributed by atoms with E-state index in [0.717, 1.165) is 11.3 Å². The molecule has 5 nitrogen and oxygen atoms in total. The molecule has 0 atom stereocenters. The Morgan fingerprint density at radius 3 is 2.52 bits per heavy atom. The van der Waals surface area contributed by atoms with Gasteiger partial charge in [-0.15, -0.1) is 0 Å². The van der Waals surface area contributed by atoms with Crippen molar-refractivity contribution < 1.29 is 9.13 Å². The summed E-state index contributed by atoms with van der Waals surface area (Å²) in [5.41, 5.74) is 3.51. The van der Waals surface area contributed by atoms with Gasteiger partial charge in [-0.05, 0) is 37.3 Å². The van der Waals surface area contributed by atoms with E-state index in [9.17, 15) is 9.65 Å². The standard InChI is InChI=1S/C21H15FN4O/c1-12-18-19(15-5-3-4-6-17(15)22)16(11-23)20(24-21(18)26-25-12)13-7-9-14(27-2)10-8-13/h3-10H,1-2H3,(H,24,25,26). The van der Waals surface area contributed by atoms with Gasteiger partial charge < -0.3 is 4.74 Å². The minimum Gasteiger partial charge on any atom is -0.497 e. The highest BCUT2D eigenvalue weighted by Gasteiger charge is 2.22. The predicted molar refractivity (Wildman–Crippen MR) is 101 cm³/mol. The third-order valence-corrected chi connectivity index (χ3v) is 4.50. The maximum Gasteiger partial charge on any atom is 0.182 e. The lowest BCUT2D eigenvalue weighted by Crippen LogP contribution is -1.97. The Hall–Kier alpha value is -3.72. The van der Waals surface area contributed by atoms with Crippen LogP contribution in [0.5, 0.6) is 5.75 Å². The molecule has 0 spiro atoms. The first-order valence-electron chi connectivity index (χ1n) is 8.32. The summed E-state index contributed by atoms with van der Waals surface area (Å²) in [4.78, 5) is 4.58. The van der Waals surface area contributed by atoms with Crippen LogP contribution in [0.1, 0.15) is 11.3 Å². The summed E-state index contributed by atoms with van der Waals surface area (Å²) in [6.07, 6.45) is 0. The van der Waals surface area contributed by atoms with E-state index >= 15 is 0 Å². The van der Waals surface area contributed by atoms with Gasteiger partial charge in [0.1, 0.15) is 17.6 Å².